The van der Waals surface area contributed by atoms with Gasteiger partial charge in [-0.1, -0.05) is 12.1 Å². The molecule has 2 aliphatic carbocycles. The Hall–Kier alpha value is -2.15. The van der Waals surface area contributed by atoms with Crippen LogP contribution in [0.15, 0.2) is 24.3 Å². The number of carbonyl (C=O) groups excluding carboxylic acids is 1. The van der Waals surface area contributed by atoms with Crippen molar-refractivity contribution in [2.24, 2.45) is 5.92 Å². The van der Waals surface area contributed by atoms with Crippen LogP contribution in [0.3, 0.4) is 0 Å². The van der Waals surface area contributed by atoms with Gasteiger partial charge in [0, 0.05) is 18.6 Å². The number of carboxylic acid groups (broad SMARTS) is 1. The molecule has 2 amide bonds. The Morgan fingerprint density at radius 3 is 2.58 bits per heavy atom. The third kappa shape index (κ3) is 4.44. The molecule has 1 aromatic rings. The zero-order chi connectivity index (χ0) is 17.1. The largest absolute Gasteiger partial charge is 0.480 e. The molecule has 0 radical (unpaired) electrons. The molecule has 0 heterocycles. The van der Waals surface area contributed by atoms with Crippen LogP contribution in [0.4, 0.5) is 14.9 Å². The molecule has 130 valence electrons. The van der Waals surface area contributed by atoms with Gasteiger partial charge in [0.25, 0.3) is 0 Å². The van der Waals surface area contributed by atoms with Crippen LogP contribution in [0.25, 0.3) is 0 Å². The monoisotopic (exact) mass is 335 g/mol. The Morgan fingerprint density at radius 1 is 1.25 bits per heavy atom. The van der Waals surface area contributed by atoms with Crippen LogP contribution in [0, 0.1) is 11.7 Å². The van der Waals surface area contributed by atoms with Gasteiger partial charge in [-0.05, 0) is 43.7 Å². The highest BCUT2D eigenvalue weighted by molar-refractivity contribution is 5.89. The van der Waals surface area contributed by atoms with Crippen LogP contribution in [0.1, 0.15) is 25.7 Å². The molecule has 0 saturated heterocycles. The number of carbonyl (C=O) groups is 2. The van der Waals surface area contributed by atoms with E-state index in [1.165, 1.54) is 25.0 Å². The molecule has 7 heteroatoms. The number of aliphatic carboxylic acids is 1. The standard InChI is InChI=1S/C17H22FN3O3/c18-14-3-1-2-4-15(14)20-17(24)19-12-7-13(8-12)21(10-16(22)23)9-11-5-6-11/h1-4,11-13H,5-10H2,(H,22,23)(H2,19,20,24). The Kier molecular flexibility index (Phi) is 4.99. The van der Waals surface area contributed by atoms with Crippen molar-refractivity contribution in [1.29, 1.82) is 0 Å². The van der Waals surface area contributed by atoms with Crippen LogP contribution in [0.5, 0.6) is 0 Å². The summed E-state index contributed by atoms with van der Waals surface area (Å²) in [5.74, 6) is -0.665. The average Bonchev–Trinajstić information content (AvgIpc) is 3.28. The van der Waals surface area contributed by atoms with E-state index in [9.17, 15) is 14.0 Å². The molecule has 24 heavy (non-hydrogen) atoms. The van der Waals surface area contributed by atoms with Gasteiger partial charge in [-0.25, -0.2) is 9.18 Å². The van der Waals surface area contributed by atoms with Gasteiger partial charge in [0.05, 0.1) is 12.2 Å². The van der Waals surface area contributed by atoms with E-state index in [1.807, 2.05) is 4.90 Å². The summed E-state index contributed by atoms with van der Waals surface area (Å²) in [6.45, 7) is 0.875. The number of hydrogen-bond donors (Lipinski definition) is 3. The quantitative estimate of drug-likeness (QED) is 0.714. The third-order valence-electron chi connectivity index (χ3n) is 4.61. The molecule has 0 unspecified atom stereocenters. The number of halogens is 1. The van der Waals surface area contributed by atoms with E-state index in [0.717, 1.165) is 19.4 Å². The van der Waals surface area contributed by atoms with E-state index in [-0.39, 0.29) is 24.3 Å². The lowest BCUT2D eigenvalue weighted by Crippen LogP contribution is -2.55. The second kappa shape index (κ2) is 7.17. The number of benzene rings is 1. The third-order valence-corrected chi connectivity index (χ3v) is 4.61. The highest BCUT2D eigenvalue weighted by Gasteiger charge is 2.37. The van der Waals surface area contributed by atoms with E-state index in [4.69, 9.17) is 5.11 Å². The predicted molar refractivity (Wildman–Crippen MR) is 87.3 cm³/mol. The molecule has 1 aromatic carbocycles. The molecule has 2 saturated carbocycles. The van der Waals surface area contributed by atoms with Gasteiger partial charge < -0.3 is 15.7 Å². The first-order valence-electron chi connectivity index (χ1n) is 8.29. The van der Waals surface area contributed by atoms with Crippen molar-refractivity contribution in [3.05, 3.63) is 30.1 Å². The molecule has 3 N–H and O–H groups in total. The Morgan fingerprint density at radius 2 is 1.96 bits per heavy atom. The molecule has 2 fully saturated rings. The van der Waals surface area contributed by atoms with Crippen molar-refractivity contribution in [2.45, 2.75) is 37.8 Å². The topological polar surface area (TPSA) is 81.7 Å². The summed E-state index contributed by atoms with van der Waals surface area (Å²) >= 11 is 0. The molecule has 3 rings (SSSR count). The van der Waals surface area contributed by atoms with E-state index in [0.29, 0.717) is 5.92 Å². The Bertz CT molecular complexity index is 615. The molecule has 2 aliphatic rings. The fourth-order valence-electron chi connectivity index (χ4n) is 3.06. The summed E-state index contributed by atoms with van der Waals surface area (Å²) in [6.07, 6.45) is 3.81. The number of hydrogen-bond acceptors (Lipinski definition) is 3. The van der Waals surface area contributed by atoms with Gasteiger partial charge in [-0.15, -0.1) is 0 Å². The number of anilines is 1. The molecule has 0 spiro atoms. The number of nitrogens with zero attached hydrogens (tertiary/aromatic N) is 1. The minimum absolute atomic E-state index is 0.00253. The first-order valence-corrected chi connectivity index (χ1v) is 8.29. The van der Waals surface area contributed by atoms with Crippen LogP contribution in [-0.4, -0.2) is 47.2 Å². The normalized spacial score (nSPS) is 22.8. The Labute approximate surface area is 140 Å². The van der Waals surface area contributed by atoms with Crippen molar-refractivity contribution in [3.8, 4) is 0 Å². The maximum Gasteiger partial charge on any atom is 0.319 e. The van der Waals surface area contributed by atoms with Gasteiger partial charge >= 0.3 is 12.0 Å². The average molecular weight is 335 g/mol. The lowest BCUT2D eigenvalue weighted by molar-refractivity contribution is -0.139. The van der Waals surface area contributed by atoms with Crippen molar-refractivity contribution in [3.63, 3.8) is 0 Å². The zero-order valence-electron chi connectivity index (χ0n) is 13.4. The smallest absolute Gasteiger partial charge is 0.319 e. The lowest BCUT2D eigenvalue weighted by atomic mass is 9.85. The summed E-state index contributed by atoms with van der Waals surface area (Å²) in [7, 11) is 0. The van der Waals surface area contributed by atoms with Crippen LogP contribution in [-0.2, 0) is 4.79 Å². The molecule has 0 bridgehead atoms. The van der Waals surface area contributed by atoms with Gasteiger partial charge in [0.15, 0.2) is 0 Å². The fraction of sp³-hybridized carbons (Fsp3) is 0.529. The van der Waals surface area contributed by atoms with Crippen LogP contribution < -0.4 is 10.6 Å². The maximum absolute atomic E-state index is 13.5. The molecule has 0 aliphatic heterocycles. The molecular weight excluding hydrogens is 313 g/mol. The maximum atomic E-state index is 13.5. The number of amides is 2. The highest BCUT2D eigenvalue weighted by atomic mass is 19.1. The van der Waals surface area contributed by atoms with E-state index in [1.54, 1.807) is 12.1 Å². The highest BCUT2D eigenvalue weighted by Crippen LogP contribution is 2.33. The van der Waals surface area contributed by atoms with Crippen molar-refractivity contribution < 1.29 is 19.1 Å². The number of carboxylic acids is 1. The molecule has 0 aromatic heterocycles. The number of urea groups is 1. The minimum Gasteiger partial charge on any atom is -0.480 e. The number of para-hydroxylation sites is 1. The molecular formula is C17H22FN3O3. The summed E-state index contributed by atoms with van der Waals surface area (Å²) in [4.78, 5) is 24.9. The predicted octanol–water partition coefficient (Wildman–Crippen LogP) is 2.27. The van der Waals surface area contributed by atoms with Gasteiger partial charge in [-0.3, -0.25) is 9.69 Å². The first-order chi connectivity index (χ1) is 11.5. The van der Waals surface area contributed by atoms with E-state index >= 15 is 0 Å². The Balaban J connectivity index is 1.44. The van der Waals surface area contributed by atoms with E-state index < -0.39 is 17.8 Å². The summed E-state index contributed by atoms with van der Waals surface area (Å²) in [5, 5.41) is 14.3. The van der Waals surface area contributed by atoms with E-state index in [2.05, 4.69) is 10.6 Å². The lowest BCUT2D eigenvalue weighted by Gasteiger charge is -2.42. The van der Waals surface area contributed by atoms with Gasteiger partial charge in [0.2, 0.25) is 0 Å². The summed E-state index contributed by atoms with van der Waals surface area (Å²) in [6, 6.07) is 5.76. The van der Waals surface area contributed by atoms with Gasteiger partial charge in [0.1, 0.15) is 5.82 Å². The second-order valence-corrected chi connectivity index (χ2v) is 6.67. The zero-order valence-corrected chi connectivity index (χ0v) is 13.4. The minimum atomic E-state index is -0.815. The molecule has 0 atom stereocenters. The van der Waals surface area contributed by atoms with Gasteiger partial charge in [-0.2, -0.15) is 0 Å². The fourth-order valence-corrected chi connectivity index (χ4v) is 3.06. The first kappa shape index (κ1) is 16.7. The second-order valence-electron chi connectivity index (χ2n) is 6.67. The number of nitrogens with one attached hydrogen (secondary N) is 2. The summed E-state index contributed by atoms with van der Waals surface area (Å²) in [5.41, 5.74) is 0.145. The van der Waals surface area contributed by atoms with Crippen molar-refractivity contribution in [2.75, 3.05) is 18.4 Å². The summed E-state index contributed by atoms with van der Waals surface area (Å²) < 4.78 is 13.5. The number of rotatable bonds is 7. The van der Waals surface area contributed by atoms with Crippen LogP contribution in [0.2, 0.25) is 0 Å². The SMILES string of the molecule is O=C(O)CN(CC1CC1)C1CC(NC(=O)Nc2ccccc2F)C1. The van der Waals surface area contributed by atoms with Crippen molar-refractivity contribution >= 4 is 17.7 Å². The molecule has 6 nitrogen and oxygen atoms in total. The van der Waals surface area contributed by atoms with Crippen molar-refractivity contribution in [1.82, 2.24) is 10.2 Å². The van der Waals surface area contributed by atoms with Crippen LogP contribution >= 0.6 is 0 Å².